The summed E-state index contributed by atoms with van der Waals surface area (Å²) in [6.45, 7) is 8.43. The van der Waals surface area contributed by atoms with Gasteiger partial charge in [0.2, 0.25) is 0 Å². The van der Waals surface area contributed by atoms with E-state index in [1.54, 1.807) is 0 Å². The molecule has 2 aromatic carbocycles. The maximum Gasteiger partial charge on any atom is 0.151 e. The highest BCUT2D eigenvalue weighted by Gasteiger charge is 2.20. The summed E-state index contributed by atoms with van der Waals surface area (Å²) in [7, 11) is 0. The van der Waals surface area contributed by atoms with E-state index in [1.807, 2.05) is 6.92 Å². The normalized spacial score (nSPS) is 13.9. The highest BCUT2D eigenvalue weighted by Crippen LogP contribution is 2.33. The average Bonchev–Trinajstić information content (AvgIpc) is 2.74. The molecule has 5 rings (SSSR count). The van der Waals surface area contributed by atoms with Crippen LogP contribution in [0.5, 0.6) is 0 Å². The van der Waals surface area contributed by atoms with Gasteiger partial charge >= 0.3 is 0 Å². The minimum atomic E-state index is 0.779. The van der Waals surface area contributed by atoms with Crippen molar-refractivity contribution in [3.63, 3.8) is 0 Å². The van der Waals surface area contributed by atoms with Gasteiger partial charge in [-0.1, -0.05) is 60.7 Å². The number of nitrogens with zero attached hydrogens (tertiary/aromatic N) is 2. The fourth-order valence-corrected chi connectivity index (χ4v) is 4.51. The predicted octanol–water partition coefficient (Wildman–Crippen LogP) is 4.38. The van der Waals surface area contributed by atoms with Gasteiger partial charge in [-0.05, 0) is 61.1 Å². The zero-order valence-electron chi connectivity index (χ0n) is 17.8. The summed E-state index contributed by atoms with van der Waals surface area (Å²) in [5.41, 5.74) is 9.14. The molecule has 0 spiro atoms. The second-order valence-electron chi connectivity index (χ2n) is 8.47. The van der Waals surface area contributed by atoms with Crippen LogP contribution in [0.15, 0.2) is 48.7 Å². The van der Waals surface area contributed by atoms with Crippen molar-refractivity contribution in [2.45, 2.75) is 46.0 Å². The Morgan fingerprint density at radius 3 is 2.67 bits per heavy atom. The van der Waals surface area contributed by atoms with Crippen LogP contribution in [0.4, 0.5) is 5.82 Å². The van der Waals surface area contributed by atoms with Crippen LogP contribution in [-0.4, -0.2) is 9.97 Å². The van der Waals surface area contributed by atoms with E-state index in [9.17, 15) is 0 Å². The lowest BCUT2D eigenvalue weighted by atomic mass is 9.90. The highest BCUT2D eigenvalue weighted by molar-refractivity contribution is 5.70. The Labute approximate surface area is 177 Å². The van der Waals surface area contributed by atoms with Crippen molar-refractivity contribution >= 4 is 18.0 Å². The van der Waals surface area contributed by atoms with E-state index in [4.69, 9.17) is 9.97 Å². The molecule has 0 bridgehead atoms. The number of rotatable bonds is 4. The van der Waals surface area contributed by atoms with Crippen molar-refractivity contribution in [2.24, 2.45) is 0 Å². The first-order chi connectivity index (χ1) is 14.6. The van der Waals surface area contributed by atoms with Crippen LogP contribution in [0.25, 0.3) is 23.4 Å². The van der Waals surface area contributed by atoms with Gasteiger partial charge in [-0.2, -0.15) is 0 Å². The number of nitrogens with one attached hydrogen (secondary N) is 1. The molecule has 30 heavy (non-hydrogen) atoms. The average molecular weight is 394 g/mol. The Bertz CT molecular complexity index is 1280. The maximum atomic E-state index is 4.94. The van der Waals surface area contributed by atoms with Crippen molar-refractivity contribution in [3.05, 3.63) is 87.2 Å². The maximum absolute atomic E-state index is 4.94. The van der Waals surface area contributed by atoms with E-state index in [0.29, 0.717) is 0 Å². The zero-order valence-corrected chi connectivity index (χ0v) is 17.8. The standard InChI is InChI=1S/C27H27N3/c1-17-8-12-24-23(14-17)11-13-25-26(24)29-19(3)27(30-25)28-18(2)15-20-9-10-21-6-4-5-7-22(21)16-20/h6-10,12,14,16H,2,4-5,11,13,15H2,1,3H3,(H,28,30). The van der Waals surface area contributed by atoms with E-state index in [2.05, 4.69) is 67.4 Å². The van der Waals surface area contributed by atoms with E-state index >= 15 is 0 Å². The molecule has 1 heterocycles. The quantitative estimate of drug-likeness (QED) is 0.715. The number of aromatic nitrogens is 2. The molecule has 0 radical (unpaired) electrons. The first-order valence-corrected chi connectivity index (χ1v) is 10.8. The van der Waals surface area contributed by atoms with Crippen LogP contribution in [0.1, 0.15) is 40.9 Å². The van der Waals surface area contributed by atoms with E-state index < -0.39 is 0 Å². The molecule has 0 amide bonds. The highest BCUT2D eigenvalue weighted by atomic mass is 15.0. The van der Waals surface area contributed by atoms with Crippen LogP contribution in [0, 0.1) is 13.8 Å². The van der Waals surface area contributed by atoms with Crippen molar-refractivity contribution in [1.29, 1.82) is 0 Å². The SMILES string of the molecule is C=C(Cc1ccc2c(c1)=CCCC=2)Nc1nc2c(nc1C)-c1ccc(C)cc1CC2. The summed E-state index contributed by atoms with van der Waals surface area (Å²) in [5, 5.41) is 6.12. The molecule has 0 atom stereocenters. The van der Waals surface area contributed by atoms with E-state index in [1.165, 1.54) is 32.7 Å². The van der Waals surface area contributed by atoms with Crippen LogP contribution >= 0.6 is 0 Å². The Kier molecular flexibility index (Phi) is 4.74. The van der Waals surface area contributed by atoms with Crippen LogP contribution in [0.3, 0.4) is 0 Å². The number of allylic oxidation sites excluding steroid dienone is 1. The van der Waals surface area contributed by atoms with Crippen molar-refractivity contribution in [3.8, 4) is 11.3 Å². The Morgan fingerprint density at radius 1 is 0.967 bits per heavy atom. The number of benzene rings is 2. The van der Waals surface area contributed by atoms with Gasteiger partial charge in [0.25, 0.3) is 0 Å². The molecule has 3 nitrogen and oxygen atoms in total. The number of anilines is 1. The summed E-state index contributed by atoms with van der Waals surface area (Å²) in [6, 6.07) is 13.3. The van der Waals surface area contributed by atoms with Crippen LogP contribution in [0.2, 0.25) is 0 Å². The second kappa shape index (κ2) is 7.56. The molecule has 1 N–H and O–H groups in total. The topological polar surface area (TPSA) is 37.8 Å². The molecule has 0 aliphatic heterocycles. The summed E-state index contributed by atoms with van der Waals surface area (Å²) >= 11 is 0. The number of hydrogen-bond donors (Lipinski definition) is 1. The van der Waals surface area contributed by atoms with Gasteiger partial charge in [0.15, 0.2) is 5.82 Å². The second-order valence-corrected chi connectivity index (χ2v) is 8.47. The van der Waals surface area contributed by atoms with Gasteiger partial charge in [0, 0.05) is 17.7 Å². The molecule has 1 aromatic heterocycles. The summed E-state index contributed by atoms with van der Waals surface area (Å²) < 4.78 is 0. The first-order valence-electron chi connectivity index (χ1n) is 10.8. The molecule has 2 aliphatic rings. The number of hydrogen-bond acceptors (Lipinski definition) is 3. The van der Waals surface area contributed by atoms with Crippen LogP contribution < -0.4 is 15.8 Å². The molecule has 0 saturated heterocycles. The summed E-state index contributed by atoms with van der Waals surface area (Å²) in [5.74, 6) is 0.826. The lowest BCUT2D eigenvalue weighted by Crippen LogP contribution is -2.26. The van der Waals surface area contributed by atoms with Gasteiger partial charge in [0.1, 0.15) is 0 Å². The molecular formula is C27H27N3. The van der Waals surface area contributed by atoms with Crippen molar-refractivity contribution < 1.29 is 0 Å². The van der Waals surface area contributed by atoms with Gasteiger partial charge in [-0.25, -0.2) is 9.97 Å². The van der Waals surface area contributed by atoms with Gasteiger partial charge in [-0.3, -0.25) is 0 Å². The lowest BCUT2D eigenvalue weighted by Gasteiger charge is -2.21. The monoisotopic (exact) mass is 393 g/mol. The minimum Gasteiger partial charge on any atom is -0.343 e. The minimum absolute atomic E-state index is 0.779. The zero-order chi connectivity index (χ0) is 20.7. The molecule has 0 fully saturated rings. The van der Waals surface area contributed by atoms with E-state index in [0.717, 1.165) is 60.7 Å². The Morgan fingerprint density at radius 2 is 1.80 bits per heavy atom. The van der Waals surface area contributed by atoms with Crippen molar-refractivity contribution in [1.82, 2.24) is 9.97 Å². The van der Waals surface area contributed by atoms with Gasteiger partial charge < -0.3 is 5.32 Å². The van der Waals surface area contributed by atoms with Gasteiger partial charge in [-0.15, -0.1) is 0 Å². The molecule has 0 saturated carbocycles. The van der Waals surface area contributed by atoms with Crippen LogP contribution in [-0.2, 0) is 19.3 Å². The first kappa shape index (κ1) is 18.8. The third kappa shape index (κ3) is 3.56. The largest absolute Gasteiger partial charge is 0.343 e. The number of aryl methyl sites for hydroxylation is 4. The fraction of sp³-hybridized carbons (Fsp3) is 0.259. The fourth-order valence-electron chi connectivity index (χ4n) is 4.51. The molecule has 150 valence electrons. The smallest absolute Gasteiger partial charge is 0.151 e. The van der Waals surface area contributed by atoms with E-state index in [-0.39, 0.29) is 0 Å². The van der Waals surface area contributed by atoms with Gasteiger partial charge in [0.05, 0.1) is 17.1 Å². The summed E-state index contributed by atoms with van der Waals surface area (Å²) in [4.78, 5) is 9.87. The lowest BCUT2D eigenvalue weighted by molar-refractivity contribution is 0.871. The number of fused-ring (bicyclic) bond motifs is 4. The summed E-state index contributed by atoms with van der Waals surface area (Å²) in [6.07, 6.45) is 9.64. The third-order valence-electron chi connectivity index (χ3n) is 6.05. The molecule has 3 heteroatoms. The van der Waals surface area contributed by atoms with Crippen molar-refractivity contribution in [2.75, 3.05) is 5.32 Å². The predicted molar refractivity (Wildman–Crippen MR) is 125 cm³/mol. The molecule has 0 unspecified atom stereocenters. The Balaban J connectivity index is 1.38. The molecule has 3 aromatic rings. The molecular weight excluding hydrogens is 366 g/mol. The molecule has 2 aliphatic carbocycles. The Hall–Kier alpha value is -3.20. The third-order valence-corrected chi connectivity index (χ3v) is 6.05.